The quantitative estimate of drug-likeness (QED) is 0.606. The summed E-state index contributed by atoms with van der Waals surface area (Å²) in [5.41, 5.74) is 3.30. The van der Waals surface area contributed by atoms with Crippen molar-refractivity contribution in [2.75, 3.05) is 0 Å². The van der Waals surface area contributed by atoms with Crippen molar-refractivity contribution in [2.45, 2.75) is 6.92 Å². The molecule has 90 valence electrons. The normalized spacial score (nSPS) is 11.1. The van der Waals surface area contributed by atoms with Gasteiger partial charge in [-0.15, -0.1) is 0 Å². The topological polar surface area (TPSA) is 4.93 Å². The van der Waals surface area contributed by atoms with Crippen molar-refractivity contribution in [3.8, 4) is 5.69 Å². The fraction of sp³-hybridized carbons (Fsp3) is 0.0667. The Bertz CT molecular complexity index is 713. The standard InChI is InChI=1S/C15H11BrFN/c1-10-9-18(13-5-3-12(17)4-6-13)15-7-2-11(16)8-14(10)15/h2-9H,1H3. The Hall–Kier alpha value is -1.61. The van der Waals surface area contributed by atoms with E-state index < -0.39 is 0 Å². The van der Waals surface area contributed by atoms with Gasteiger partial charge in [-0.1, -0.05) is 15.9 Å². The Morgan fingerprint density at radius 3 is 2.50 bits per heavy atom. The van der Waals surface area contributed by atoms with Crippen molar-refractivity contribution in [1.82, 2.24) is 4.57 Å². The average molecular weight is 304 g/mol. The molecule has 0 bridgehead atoms. The zero-order valence-corrected chi connectivity index (χ0v) is 11.4. The van der Waals surface area contributed by atoms with Crippen LogP contribution in [0, 0.1) is 12.7 Å². The van der Waals surface area contributed by atoms with Gasteiger partial charge in [-0.2, -0.15) is 0 Å². The largest absolute Gasteiger partial charge is 0.316 e. The average Bonchev–Trinajstić information content (AvgIpc) is 2.68. The molecular formula is C15H11BrFN. The summed E-state index contributed by atoms with van der Waals surface area (Å²) in [5, 5.41) is 1.20. The van der Waals surface area contributed by atoms with E-state index in [-0.39, 0.29) is 5.82 Å². The van der Waals surface area contributed by atoms with Crippen LogP contribution in [0.5, 0.6) is 0 Å². The monoisotopic (exact) mass is 303 g/mol. The lowest BCUT2D eigenvalue weighted by molar-refractivity contribution is 0.627. The fourth-order valence-corrected chi connectivity index (χ4v) is 2.54. The number of nitrogens with zero attached hydrogens (tertiary/aromatic N) is 1. The third kappa shape index (κ3) is 1.85. The maximum atomic E-state index is 13.0. The van der Waals surface area contributed by atoms with Gasteiger partial charge in [0.1, 0.15) is 5.82 Å². The first-order valence-corrected chi connectivity index (χ1v) is 6.47. The summed E-state index contributed by atoms with van der Waals surface area (Å²) in [4.78, 5) is 0. The molecule has 3 aromatic rings. The van der Waals surface area contributed by atoms with Crippen molar-refractivity contribution >= 4 is 26.8 Å². The molecule has 0 aliphatic heterocycles. The van der Waals surface area contributed by atoms with Crippen LogP contribution in [0.1, 0.15) is 5.56 Å². The lowest BCUT2D eigenvalue weighted by Crippen LogP contribution is -1.91. The molecule has 0 aliphatic rings. The van der Waals surface area contributed by atoms with Gasteiger partial charge in [0.2, 0.25) is 0 Å². The van der Waals surface area contributed by atoms with E-state index in [1.54, 1.807) is 12.1 Å². The highest BCUT2D eigenvalue weighted by Gasteiger charge is 2.07. The lowest BCUT2D eigenvalue weighted by Gasteiger charge is -2.05. The number of halogens is 2. The van der Waals surface area contributed by atoms with Crippen LogP contribution in [-0.4, -0.2) is 4.57 Å². The first-order chi connectivity index (χ1) is 8.65. The maximum absolute atomic E-state index is 13.0. The van der Waals surface area contributed by atoms with Crippen LogP contribution >= 0.6 is 15.9 Å². The van der Waals surface area contributed by atoms with Crippen molar-refractivity contribution in [1.29, 1.82) is 0 Å². The molecule has 0 N–H and O–H groups in total. The molecule has 0 fully saturated rings. The van der Waals surface area contributed by atoms with Crippen LogP contribution in [0.2, 0.25) is 0 Å². The summed E-state index contributed by atoms with van der Waals surface area (Å²) in [7, 11) is 0. The molecule has 18 heavy (non-hydrogen) atoms. The van der Waals surface area contributed by atoms with Gasteiger partial charge in [-0.05, 0) is 55.0 Å². The van der Waals surface area contributed by atoms with E-state index in [9.17, 15) is 4.39 Å². The van der Waals surface area contributed by atoms with E-state index in [0.717, 1.165) is 15.7 Å². The van der Waals surface area contributed by atoms with Gasteiger partial charge in [-0.25, -0.2) is 4.39 Å². The molecule has 0 saturated heterocycles. The van der Waals surface area contributed by atoms with Crippen LogP contribution in [0.15, 0.2) is 53.1 Å². The van der Waals surface area contributed by atoms with Gasteiger partial charge in [0.05, 0.1) is 5.52 Å². The summed E-state index contributed by atoms with van der Waals surface area (Å²) in [6.07, 6.45) is 2.07. The minimum Gasteiger partial charge on any atom is -0.316 e. The predicted molar refractivity (Wildman–Crippen MR) is 75.7 cm³/mol. The summed E-state index contributed by atoms with van der Waals surface area (Å²) in [6, 6.07) is 12.7. The second kappa shape index (κ2) is 4.25. The van der Waals surface area contributed by atoms with Crippen LogP contribution in [-0.2, 0) is 0 Å². The molecule has 3 rings (SSSR count). The molecule has 0 spiro atoms. The number of aryl methyl sites for hydroxylation is 1. The van der Waals surface area contributed by atoms with E-state index in [2.05, 4.69) is 45.8 Å². The minimum absolute atomic E-state index is 0.213. The highest BCUT2D eigenvalue weighted by molar-refractivity contribution is 9.10. The highest BCUT2D eigenvalue weighted by atomic mass is 79.9. The minimum atomic E-state index is -0.213. The number of fused-ring (bicyclic) bond motifs is 1. The number of aromatic nitrogens is 1. The smallest absolute Gasteiger partial charge is 0.123 e. The summed E-state index contributed by atoms with van der Waals surface area (Å²) in [5.74, 6) is -0.213. The second-order valence-electron chi connectivity index (χ2n) is 4.32. The van der Waals surface area contributed by atoms with Crippen LogP contribution in [0.3, 0.4) is 0 Å². The molecule has 1 heterocycles. The van der Waals surface area contributed by atoms with Gasteiger partial charge in [-0.3, -0.25) is 0 Å². The number of hydrogen-bond acceptors (Lipinski definition) is 0. The Morgan fingerprint density at radius 1 is 1.06 bits per heavy atom. The Kier molecular flexibility index (Phi) is 2.71. The molecule has 0 aliphatic carbocycles. The number of benzene rings is 2. The van der Waals surface area contributed by atoms with Gasteiger partial charge in [0.15, 0.2) is 0 Å². The second-order valence-corrected chi connectivity index (χ2v) is 5.24. The van der Waals surface area contributed by atoms with E-state index in [4.69, 9.17) is 0 Å². The molecule has 3 heteroatoms. The zero-order chi connectivity index (χ0) is 12.7. The zero-order valence-electron chi connectivity index (χ0n) is 9.82. The third-order valence-corrected chi connectivity index (χ3v) is 3.56. The highest BCUT2D eigenvalue weighted by Crippen LogP contribution is 2.27. The Morgan fingerprint density at radius 2 is 1.78 bits per heavy atom. The van der Waals surface area contributed by atoms with E-state index in [0.29, 0.717) is 0 Å². The number of hydrogen-bond donors (Lipinski definition) is 0. The number of rotatable bonds is 1. The van der Waals surface area contributed by atoms with Gasteiger partial charge in [0, 0.05) is 21.7 Å². The molecule has 0 saturated carbocycles. The van der Waals surface area contributed by atoms with Crippen LogP contribution in [0.25, 0.3) is 16.6 Å². The summed E-state index contributed by atoms with van der Waals surface area (Å²) < 4.78 is 16.1. The summed E-state index contributed by atoms with van der Waals surface area (Å²) >= 11 is 3.48. The summed E-state index contributed by atoms with van der Waals surface area (Å²) in [6.45, 7) is 2.08. The van der Waals surface area contributed by atoms with E-state index >= 15 is 0 Å². The first kappa shape index (κ1) is 11.5. The molecule has 1 aromatic heterocycles. The van der Waals surface area contributed by atoms with Crippen LogP contribution < -0.4 is 0 Å². The third-order valence-electron chi connectivity index (χ3n) is 3.07. The van der Waals surface area contributed by atoms with E-state index in [1.165, 1.54) is 23.1 Å². The van der Waals surface area contributed by atoms with Crippen molar-refractivity contribution in [3.05, 3.63) is 64.5 Å². The van der Waals surface area contributed by atoms with Crippen molar-refractivity contribution in [3.63, 3.8) is 0 Å². The van der Waals surface area contributed by atoms with Crippen molar-refractivity contribution < 1.29 is 4.39 Å². The van der Waals surface area contributed by atoms with Crippen molar-refractivity contribution in [2.24, 2.45) is 0 Å². The van der Waals surface area contributed by atoms with E-state index in [1.807, 2.05) is 6.07 Å². The first-order valence-electron chi connectivity index (χ1n) is 5.68. The Labute approximate surface area is 113 Å². The molecule has 0 atom stereocenters. The lowest BCUT2D eigenvalue weighted by atomic mass is 10.2. The molecule has 2 aromatic carbocycles. The van der Waals surface area contributed by atoms with Gasteiger partial charge >= 0.3 is 0 Å². The maximum Gasteiger partial charge on any atom is 0.123 e. The van der Waals surface area contributed by atoms with Crippen LogP contribution in [0.4, 0.5) is 4.39 Å². The molecular weight excluding hydrogens is 293 g/mol. The fourth-order valence-electron chi connectivity index (χ4n) is 2.18. The molecule has 1 nitrogen and oxygen atoms in total. The Balaban J connectivity index is 2.26. The molecule has 0 radical (unpaired) electrons. The predicted octanol–water partition coefficient (Wildman–Crippen LogP) is 4.84. The molecule has 0 unspecified atom stereocenters. The molecule has 0 amide bonds. The van der Waals surface area contributed by atoms with Gasteiger partial charge in [0.25, 0.3) is 0 Å². The SMILES string of the molecule is Cc1cn(-c2ccc(F)cc2)c2ccc(Br)cc12. The van der Waals surface area contributed by atoms with Gasteiger partial charge < -0.3 is 4.57 Å².